The first-order chi connectivity index (χ1) is 5.83. The van der Waals surface area contributed by atoms with Crippen molar-refractivity contribution in [3.63, 3.8) is 0 Å². The van der Waals surface area contributed by atoms with E-state index in [1.54, 1.807) is 6.08 Å². The van der Waals surface area contributed by atoms with E-state index in [1.807, 2.05) is 0 Å². The summed E-state index contributed by atoms with van der Waals surface area (Å²) in [7, 11) is 0. The van der Waals surface area contributed by atoms with Crippen molar-refractivity contribution in [3.8, 4) is 0 Å². The molecule has 3 nitrogen and oxygen atoms in total. The first kappa shape index (κ1) is 9.26. The van der Waals surface area contributed by atoms with Crippen molar-refractivity contribution in [2.45, 2.75) is 25.3 Å². The molecular formula is C9H16N2O. The average molecular weight is 168 g/mol. The molecule has 0 radical (unpaired) electrons. The topological polar surface area (TPSA) is 41.1 Å². The zero-order valence-electron chi connectivity index (χ0n) is 7.31. The standard InChI is InChI=1S/C9H16N2O/c1-2-6-10-7-9(12)11-8-4-3-5-8/h2,8,10H,1,3-7H2,(H,11,12). The maximum atomic E-state index is 11.1. The Kier molecular flexibility index (Phi) is 3.80. The van der Waals surface area contributed by atoms with Crippen LogP contribution >= 0.6 is 0 Å². The van der Waals surface area contributed by atoms with Crippen LogP contribution in [0.15, 0.2) is 12.7 Å². The van der Waals surface area contributed by atoms with E-state index < -0.39 is 0 Å². The van der Waals surface area contributed by atoms with Gasteiger partial charge in [0.2, 0.25) is 5.91 Å². The monoisotopic (exact) mass is 168 g/mol. The van der Waals surface area contributed by atoms with Crippen molar-refractivity contribution in [1.29, 1.82) is 0 Å². The number of nitrogens with one attached hydrogen (secondary N) is 2. The molecule has 0 heterocycles. The molecule has 1 rings (SSSR count). The van der Waals surface area contributed by atoms with Crippen LogP contribution in [0.5, 0.6) is 0 Å². The molecule has 0 atom stereocenters. The Morgan fingerprint density at radius 1 is 1.58 bits per heavy atom. The molecule has 1 saturated carbocycles. The summed E-state index contributed by atoms with van der Waals surface area (Å²) in [5.74, 6) is 0.0987. The molecule has 0 aliphatic heterocycles. The lowest BCUT2D eigenvalue weighted by atomic mass is 9.93. The number of rotatable bonds is 5. The molecule has 3 heteroatoms. The van der Waals surface area contributed by atoms with Gasteiger partial charge in [0, 0.05) is 12.6 Å². The van der Waals surface area contributed by atoms with Crippen molar-refractivity contribution in [3.05, 3.63) is 12.7 Å². The second-order valence-corrected chi connectivity index (χ2v) is 3.11. The van der Waals surface area contributed by atoms with Gasteiger partial charge in [0.1, 0.15) is 0 Å². The Balaban J connectivity index is 1.99. The van der Waals surface area contributed by atoms with Crippen LogP contribution < -0.4 is 10.6 Å². The smallest absolute Gasteiger partial charge is 0.234 e. The highest BCUT2D eigenvalue weighted by molar-refractivity contribution is 5.78. The Bertz CT molecular complexity index is 164. The molecule has 68 valence electrons. The lowest BCUT2D eigenvalue weighted by molar-refractivity contribution is -0.121. The highest BCUT2D eigenvalue weighted by Gasteiger charge is 2.18. The third kappa shape index (κ3) is 3.05. The molecule has 0 bridgehead atoms. The zero-order valence-corrected chi connectivity index (χ0v) is 7.31. The first-order valence-corrected chi connectivity index (χ1v) is 4.44. The number of carbonyl (C=O) groups excluding carboxylic acids is 1. The van der Waals surface area contributed by atoms with Crippen LogP contribution in [0.1, 0.15) is 19.3 Å². The fourth-order valence-corrected chi connectivity index (χ4v) is 1.12. The van der Waals surface area contributed by atoms with Crippen molar-refractivity contribution < 1.29 is 4.79 Å². The SMILES string of the molecule is C=CCNCC(=O)NC1CCC1. The molecule has 1 fully saturated rings. The van der Waals surface area contributed by atoms with Gasteiger partial charge in [0.15, 0.2) is 0 Å². The van der Waals surface area contributed by atoms with Gasteiger partial charge < -0.3 is 10.6 Å². The van der Waals surface area contributed by atoms with Gasteiger partial charge >= 0.3 is 0 Å². The van der Waals surface area contributed by atoms with E-state index in [1.165, 1.54) is 6.42 Å². The largest absolute Gasteiger partial charge is 0.352 e. The Labute approximate surface area is 73.2 Å². The number of hydrogen-bond acceptors (Lipinski definition) is 2. The third-order valence-corrected chi connectivity index (χ3v) is 2.04. The summed E-state index contributed by atoms with van der Waals surface area (Å²) in [4.78, 5) is 11.1. The predicted octanol–water partition coefficient (Wildman–Crippen LogP) is 0.431. The second kappa shape index (κ2) is 4.93. The lowest BCUT2D eigenvalue weighted by Crippen LogP contribution is -2.43. The summed E-state index contributed by atoms with van der Waals surface area (Å²) in [5.41, 5.74) is 0. The number of hydrogen-bond donors (Lipinski definition) is 2. The van der Waals surface area contributed by atoms with Gasteiger partial charge in [0.05, 0.1) is 6.54 Å². The number of carbonyl (C=O) groups is 1. The van der Waals surface area contributed by atoms with Crippen molar-refractivity contribution in [1.82, 2.24) is 10.6 Å². The predicted molar refractivity (Wildman–Crippen MR) is 48.8 cm³/mol. The van der Waals surface area contributed by atoms with E-state index in [-0.39, 0.29) is 5.91 Å². The molecule has 0 aromatic carbocycles. The van der Waals surface area contributed by atoms with E-state index in [0.717, 1.165) is 12.8 Å². The fraction of sp³-hybridized carbons (Fsp3) is 0.667. The summed E-state index contributed by atoms with van der Waals surface area (Å²) < 4.78 is 0. The van der Waals surface area contributed by atoms with Crippen molar-refractivity contribution in [2.75, 3.05) is 13.1 Å². The number of amides is 1. The Hall–Kier alpha value is -0.830. The van der Waals surface area contributed by atoms with Crippen LogP contribution in [-0.4, -0.2) is 25.0 Å². The Morgan fingerprint density at radius 2 is 2.33 bits per heavy atom. The molecule has 0 aromatic rings. The molecule has 0 spiro atoms. The normalized spacial score (nSPS) is 16.7. The van der Waals surface area contributed by atoms with Crippen molar-refractivity contribution >= 4 is 5.91 Å². The highest BCUT2D eigenvalue weighted by Crippen LogP contribution is 2.17. The molecule has 1 aliphatic carbocycles. The molecule has 0 aromatic heterocycles. The van der Waals surface area contributed by atoms with Crippen LogP contribution in [0.3, 0.4) is 0 Å². The summed E-state index contributed by atoms with van der Waals surface area (Å²) in [6.45, 7) is 4.65. The Morgan fingerprint density at radius 3 is 2.83 bits per heavy atom. The molecular weight excluding hydrogens is 152 g/mol. The highest BCUT2D eigenvalue weighted by atomic mass is 16.1. The van der Waals surface area contributed by atoms with Gasteiger partial charge in [-0.3, -0.25) is 4.79 Å². The van der Waals surface area contributed by atoms with Crippen LogP contribution in [0, 0.1) is 0 Å². The maximum Gasteiger partial charge on any atom is 0.234 e. The van der Waals surface area contributed by atoms with E-state index in [9.17, 15) is 4.79 Å². The minimum absolute atomic E-state index is 0.0987. The molecule has 1 amide bonds. The van der Waals surface area contributed by atoms with E-state index in [4.69, 9.17) is 0 Å². The van der Waals surface area contributed by atoms with E-state index in [2.05, 4.69) is 17.2 Å². The van der Waals surface area contributed by atoms with Gasteiger partial charge in [-0.05, 0) is 19.3 Å². The molecule has 1 aliphatic rings. The minimum Gasteiger partial charge on any atom is -0.352 e. The molecule has 2 N–H and O–H groups in total. The molecule has 0 saturated heterocycles. The van der Waals surface area contributed by atoms with Gasteiger partial charge in [0.25, 0.3) is 0 Å². The van der Waals surface area contributed by atoms with Gasteiger partial charge in [-0.15, -0.1) is 6.58 Å². The summed E-state index contributed by atoms with van der Waals surface area (Å²) in [6, 6.07) is 0.447. The van der Waals surface area contributed by atoms with Crippen LogP contribution in [0.2, 0.25) is 0 Å². The van der Waals surface area contributed by atoms with Crippen LogP contribution in [-0.2, 0) is 4.79 Å². The first-order valence-electron chi connectivity index (χ1n) is 4.44. The van der Waals surface area contributed by atoms with Crippen LogP contribution in [0.4, 0.5) is 0 Å². The average Bonchev–Trinajstić information content (AvgIpc) is 1.98. The third-order valence-electron chi connectivity index (χ3n) is 2.04. The van der Waals surface area contributed by atoms with Crippen molar-refractivity contribution in [2.24, 2.45) is 0 Å². The summed E-state index contributed by atoms with van der Waals surface area (Å²) in [6.07, 6.45) is 5.29. The maximum absolute atomic E-state index is 11.1. The summed E-state index contributed by atoms with van der Waals surface area (Å²) in [5, 5.41) is 5.90. The van der Waals surface area contributed by atoms with Gasteiger partial charge in [-0.1, -0.05) is 6.08 Å². The summed E-state index contributed by atoms with van der Waals surface area (Å²) >= 11 is 0. The molecule has 0 unspecified atom stereocenters. The fourth-order valence-electron chi connectivity index (χ4n) is 1.12. The van der Waals surface area contributed by atoms with E-state index >= 15 is 0 Å². The second-order valence-electron chi connectivity index (χ2n) is 3.11. The quantitative estimate of drug-likeness (QED) is 0.462. The van der Waals surface area contributed by atoms with Gasteiger partial charge in [-0.2, -0.15) is 0 Å². The zero-order chi connectivity index (χ0) is 8.81. The lowest BCUT2D eigenvalue weighted by Gasteiger charge is -2.26. The molecule has 12 heavy (non-hydrogen) atoms. The van der Waals surface area contributed by atoms with Crippen LogP contribution in [0.25, 0.3) is 0 Å². The van der Waals surface area contributed by atoms with Gasteiger partial charge in [-0.25, -0.2) is 0 Å². The van der Waals surface area contributed by atoms with E-state index in [0.29, 0.717) is 19.1 Å². The minimum atomic E-state index is 0.0987.